The number of amidine groups is 1. The molecule has 3 heterocycles. The van der Waals surface area contributed by atoms with Gasteiger partial charge in [-0.2, -0.15) is 0 Å². The summed E-state index contributed by atoms with van der Waals surface area (Å²) in [6.45, 7) is 0. The highest BCUT2D eigenvalue weighted by Gasteiger charge is 2.26. The molecule has 0 fully saturated rings. The lowest BCUT2D eigenvalue weighted by Gasteiger charge is -2.32. The van der Waals surface area contributed by atoms with Gasteiger partial charge in [-0.15, -0.1) is 0 Å². The van der Waals surface area contributed by atoms with Crippen LogP contribution in [0.25, 0.3) is 71.7 Å². The van der Waals surface area contributed by atoms with Crippen molar-refractivity contribution in [1.29, 1.82) is 0 Å². The van der Waals surface area contributed by atoms with E-state index in [0.717, 1.165) is 83.4 Å². The zero-order chi connectivity index (χ0) is 37.7. The largest absolute Gasteiger partial charge is 0.350 e. The molecule has 0 radical (unpaired) electrons. The number of nitrogens with one attached hydrogen (secondary N) is 2. The van der Waals surface area contributed by atoms with Crippen LogP contribution in [0.2, 0.25) is 0 Å². The Hall–Kier alpha value is -7.41. The molecule has 0 bridgehead atoms. The van der Waals surface area contributed by atoms with Crippen LogP contribution in [0.3, 0.4) is 0 Å². The van der Waals surface area contributed by atoms with Gasteiger partial charge in [0.1, 0.15) is 24.0 Å². The number of imidazole rings is 1. The molecular formula is C51H36N6. The number of hydrogen-bond donors (Lipinski definition) is 2. The van der Waals surface area contributed by atoms with Gasteiger partial charge < -0.3 is 5.32 Å². The molecule has 0 saturated heterocycles. The van der Waals surface area contributed by atoms with E-state index in [1.165, 1.54) is 10.8 Å². The average Bonchev–Trinajstić information content (AvgIpc) is 3.70. The van der Waals surface area contributed by atoms with Gasteiger partial charge in [0.05, 0.1) is 22.2 Å². The summed E-state index contributed by atoms with van der Waals surface area (Å²) in [4.78, 5) is 15.4. The van der Waals surface area contributed by atoms with E-state index in [-0.39, 0.29) is 12.3 Å². The van der Waals surface area contributed by atoms with Gasteiger partial charge in [-0.1, -0.05) is 170 Å². The molecule has 0 amide bonds. The summed E-state index contributed by atoms with van der Waals surface area (Å²) in [5.41, 5.74) is 10.7. The smallest absolute Gasteiger partial charge is 0.145 e. The molecule has 57 heavy (non-hydrogen) atoms. The SMILES string of the molecule is c1ccc(C2N=C(c3ccc(-c4ccc(-c5nc6c7cccnc7c7ccccc7c6n5-c5cccc6ccccc56)cc4)cc3)NC(c3ccccc3)N2)cc1. The molecule has 1 aliphatic heterocycles. The fraction of sp³-hybridized carbons (Fsp3) is 0.0392. The minimum absolute atomic E-state index is 0.0820. The third-order valence-electron chi connectivity index (χ3n) is 11.1. The molecule has 10 aromatic rings. The van der Waals surface area contributed by atoms with E-state index in [9.17, 15) is 0 Å². The van der Waals surface area contributed by atoms with Crippen molar-refractivity contribution in [2.75, 3.05) is 0 Å². The molecule has 0 aliphatic carbocycles. The summed E-state index contributed by atoms with van der Waals surface area (Å²) in [5.74, 6) is 1.75. The number of rotatable bonds is 6. The van der Waals surface area contributed by atoms with Crippen molar-refractivity contribution < 1.29 is 0 Å². The number of benzene rings is 8. The molecule has 11 rings (SSSR count). The van der Waals surface area contributed by atoms with Crippen molar-refractivity contribution in [3.63, 3.8) is 0 Å². The summed E-state index contributed by atoms with van der Waals surface area (Å²) in [6.07, 6.45) is 1.61. The number of aromatic nitrogens is 3. The standard InChI is InChI=1S/C51H36N6/c1-3-14-36(15-4-1)48-54-49(37-16-5-2-6-17-37)56-50(55-48)38-28-24-33(25-29-38)34-26-30-39(31-27-34)51-53-46-43-22-12-32-52-45(43)41-20-9-10-21-42(41)47(46)57(51)44-23-11-18-35-13-7-8-19-40(35)44/h1-32,48-49,54H,(H,55,56). The normalized spacial score (nSPS) is 15.5. The first-order valence-electron chi connectivity index (χ1n) is 19.3. The minimum atomic E-state index is -0.176. The maximum atomic E-state index is 5.46. The predicted octanol–water partition coefficient (Wildman–Crippen LogP) is 11.6. The zero-order valence-electron chi connectivity index (χ0n) is 30.9. The Balaban J connectivity index is 0.997. The highest BCUT2D eigenvalue weighted by molar-refractivity contribution is 6.23. The number of aliphatic imine (C=N–C) groups is 1. The van der Waals surface area contributed by atoms with Gasteiger partial charge in [0.15, 0.2) is 0 Å². The second kappa shape index (κ2) is 13.7. The van der Waals surface area contributed by atoms with E-state index in [4.69, 9.17) is 15.0 Å². The second-order valence-corrected chi connectivity index (χ2v) is 14.5. The lowest BCUT2D eigenvalue weighted by molar-refractivity contribution is 0.409. The quantitative estimate of drug-likeness (QED) is 0.167. The van der Waals surface area contributed by atoms with Gasteiger partial charge in [0.25, 0.3) is 0 Å². The van der Waals surface area contributed by atoms with Crippen molar-refractivity contribution in [2.24, 2.45) is 4.99 Å². The molecule has 270 valence electrons. The fourth-order valence-electron chi connectivity index (χ4n) is 8.36. The van der Waals surface area contributed by atoms with Crippen LogP contribution in [-0.2, 0) is 0 Å². The van der Waals surface area contributed by atoms with E-state index in [1.807, 2.05) is 24.4 Å². The Morgan fingerprint density at radius 3 is 1.81 bits per heavy atom. The summed E-state index contributed by atoms with van der Waals surface area (Å²) in [6, 6.07) is 66.2. The van der Waals surface area contributed by atoms with Crippen molar-refractivity contribution in [1.82, 2.24) is 25.2 Å². The molecule has 0 saturated carbocycles. The average molecular weight is 733 g/mol. The highest BCUT2D eigenvalue weighted by atomic mass is 15.3. The molecule has 2 N–H and O–H groups in total. The Bertz CT molecular complexity index is 3110. The summed E-state index contributed by atoms with van der Waals surface area (Å²) in [7, 11) is 0. The highest BCUT2D eigenvalue weighted by Crippen LogP contribution is 2.40. The predicted molar refractivity (Wildman–Crippen MR) is 233 cm³/mol. The van der Waals surface area contributed by atoms with Crippen LogP contribution in [0.15, 0.2) is 199 Å². The van der Waals surface area contributed by atoms with Crippen LogP contribution in [-0.4, -0.2) is 20.4 Å². The van der Waals surface area contributed by atoms with E-state index >= 15 is 0 Å². The third-order valence-corrected chi connectivity index (χ3v) is 11.1. The Kier molecular flexibility index (Phi) is 7.93. The van der Waals surface area contributed by atoms with E-state index in [2.05, 4.69) is 185 Å². The number of fused-ring (bicyclic) bond motifs is 7. The number of pyridine rings is 1. The minimum Gasteiger partial charge on any atom is -0.350 e. The zero-order valence-corrected chi connectivity index (χ0v) is 30.9. The molecule has 2 unspecified atom stereocenters. The summed E-state index contributed by atoms with van der Waals surface area (Å²) >= 11 is 0. The van der Waals surface area contributed by atoms with Crippen LogP contribution in [0.4, 0.5) is 0 Å². The number of hydrogen-bond acceptors (Lipinski definition) is 5. The van der Waals surface area contributed by atoms with Gasteiger partial charge in [-0.25, -0.2) is 9.98 Å². The molecule has 1 aliphatic rings. The van der Waals surface area contributed by atoms with Crippen LogP contribution >= 0.6 is 0 Å². The monoisotopic (exact) mass is 732 g/mol. The van der Waals surface area contributed by atoms with Gasteiger partial charge >= 0.3 is 0 Å². The van der Waals surface area contributed by atoms with E-state index < -0.39 is 0 Å². The fourth-order valence-corrected chi connectivity index (χ4v) is 8.36. The lowest BCUT2D eigenvalue weighted by atomic mass is 10.0. The lowest BCUT2D eigenvalue weighted by Crippen LogP contribution is -2.44. The van der Waals surface area contributed by atoms with Crippen LogP contribution in [0.1, 0.15) is 29.0 Å². The number of nitrogens with zero attached hydrogens (tertiary/aromatic N) is 4. The van der Waals surface area contributed by atoms with Gasteiger partial charge in [-0.05, 0) is 45.8 Å². The van der Waals surface area contributed by atoms with Gasteiger partial charge in [0, 0.05) is 38.9 Å². The van der Waals surface area contributed by atoms with E-state index in [0.29, 0.717) is 0 Å². The first-order chi connectivity index (χ1) is 28.3. The Morgan fingerprint density at radius 1 is 0.456 bits per heavy atom. The molecular weight excluding hydrogens is 697 g/mol. The summed E-state index contributed by atoms with van der Waals surface area (Å²) in [5, 5.41) is 13.0. The molecule has 2 atom stereocenters. The van der Waals surface area contributed by atoms with Crippen molar-refractivity contribution in [3.8, 4) is 28.2 Å². The van der Waals surface area contributed by atoms with Crippen molar-refractivity contribution >= 4 is 49.3 Å². The van der Waals surface area contributed by atoms with Gasteiger partial charge in [-0.3, -0.25) is 14.9 Å². The van der Waals surface area contributed by atoms with Crippen LogP contribution in [0.5, 0.6) is 0 Å². The van der Waals surface area contributed by atoms with Crippen molar-refractivity contribution in [3.05, 3.63) is 211 Å². The van der Waals surface area contributed by atoms with Crippen LogP contribution < -0.4 is 10.6 Å². The molecule has 2 aromatic heterocycles. The molecule has 6 heteroatoms. The molecule has 0 spiro atoms. The van der Waals surface area contributed by atoms with Crippen molar-refractivity contribution in [2.45, 2.75) is 12.3 Å². The first kappa shape index (κ1) is 33.0. The second-order valence-electron chi connectivity index (χ2n) is 14.5. The first-order valence-corrected chi connectivity index (χ1v) is 19.3. The topological polar surface area (TPSA) is 67.1 Å². The third kappa shape index (κ3) is 5.74. The molecule has 8 aromatic carbocycles. The maximum Gasteiger partial charge on any atom is 0.145 e. The Morgan fingerprint density at radius 2 is 1.05 bits per heavy atom. The van der Waals surface area contributed by atoms with Crippen LogP contribution in [0, 0.1) is 0 Å². The summed E-state index contributed by atoms with van der Waals surface area (Å²) < 4.78 is 2.36. The Labute approximate surface area is 329 Å². The molecule has 6 nitrogen and oxygen atoms in total. The maximum absolute atomic E-state index is 5.46. The van der Waals surface area contributed by atoms with E-state index in [1.54, 1.807) is 0 Å². The van der Waals surface area contributed by atoms with Gasteiger partial charge in [0.2, 0.25) is 0 Å².